The molecule has 0 spiro atoms. The van der Waals surface area contributed by atoms with E-state index in [0.29, 0.717) is 0 Å². The number of hydrogen-bond acceptors (Lipinski definition) is 4. The molecular weight excluding hydrogens is 322 g/mol. The minimum Gasteiger partial charge on any atom is -0.333 e. The summed E-state index contributed by atoms with van der Waals surface area (Å²) < 4.78 is 0. The van der Waals surface area contributed by atoms with E-state index in [2.05, 4.69) is 16.0 Å². The van der Waals surface area contributed by atoms with Crippen LogP contribution in [0.4, 0.5) is 4.79 Å². The van der Waals surface area contributed by atoms with Crippen molar-refractivity contribution in [3.63, 3.8) is 0 Å². The van der Waals surface area contributed by atoms with Crippen LogP contribution in [0.15, 0.2) is 47.8 Å². The molecule has 0 aliphatic rings. The molecule has 0 unspecified atom stereocenters. The van der Waals surface area contributed by atoms with Crippen molar-refractivity contribution in [2.45, 2.75) is 32.4 Å². The molecule has 1 atom stereocenters. The Morgan fingerprint density at radius 2 is 1.79 bits per heavy atom. The Morgan fingerprint density at radius 1 is 1.08 bits per heavy atom. The lowest BCUT2D eigenvalue weighted by Gasteiger charge is -2.21. The molecule has 1 aromatic heterocycles. The van der Waals surface area contributed by atoms with Crippen LogP contribution < -0.4 is 16.0 Å². The smallest absolute Gasteiger partial charge is 0.321 e. The van der Waals surface area contributed by atoms with Gasteiger partial charge in [0.25, 0.3) is 0 Å². The van der Waals surface area contributed by atoms with Crippen LogP contribution >= 0.6 is 11.3 Å². The third kappa shape index (κ3) is 5.79. The van der Waals surface area contributed by atoms with E-state index in [9.17, 15) is 9.59 Å². The molecule has 0 saturated heterocycles. The molecule has 5 nitrogen and oxygen atoms in total. The number of carbonyl (C=O) groups excluding carboxylic acids is 2. The third-order valence-electron chi connectivity index (χ3n) is 3.17. The molecule has 0 bridgehead atoms. The maximum Gasteiger partial charge on any atom is 0.321 e. The van der Waals surface area contributed by atoms with Gasteiger partial charge >= 0.3 is 6.03 Å². The van der Waals surface area contributed by atoms with E-state index in [0.717, 1.165) is 10.4 Å². The number of urea groups is 1. The Hall–Kier alpha value is -2.18. The highest BCUT2D eigenvalue weighted by molar-refractivity contribution is 7.10. The molecular formula is C18H23N3O2S. The number of nitrogens with one attached hydrogen (secondary N) is 3. The summed E-state index contributed by atoms with van der Waals surface area (Å²) in [7, 11) is 0. The minimum atomic E-state index is -0.485. The summed E-state index contributed by atoms with van der Waals surface area (Å²) in [5.74, 6) is -0.366. The van der Waals surface area contributed by atoms with Crippen LogP contribution in [0.3, 0.4) is 0 Å². The largest absolute Gasteiger partial charge is 0.333 e. The zero-order valence-electron chi connectivity index (χ0n) is 14.1. The molecule has 0 fully saturated rings. The topological polar surface area (TPSA) is 70.2 Å². The van der Waals surface area contributed by atoms with E-state index in [4.69, 9.17) is 0 Å². The second-order valence-corrected chi connectivity index (χ2v) is 7.47. The van der Waals surface area contributed by atoms with Gasteiger partial charge in [-0.25, -0.2) is 4.79 Å². The average molecular weight is 345 g/mol. The monoisotopic (exact) mass is 345 g/mol. The molecule has 0 aliphatic heterocycles. The zero-order valence-corrected chi connectivity index (χ0v) is 14.9. The fraction of sp³-hybridized carbons (Fsp3) is 0.333. The number of hydrogen-bond donors (Lipinski definition) is 3. The number of benzene rings is 1. The molecule has 6 heteroatoms. The second-order valence-electron chi connectivity index (χ2n) is 6.49. The average Bonchev–Trinajstić information content (AvgIpc) is 3.00. The van der Waals surface area contributed by atoms with Crippen LogP contribution in [0.2, 0.25) is 0 Å². The Labute approximate surface area is 146 Å². The summed E-state index contributed by atoms with van der Waals surface area (Å²) in [4.78, 5) is 24.9. The van der Waals surface area contributed by atoms with Gasteiger partial charge in [0.15, 0.2) is 0 Å². The fourth-order valence-corrected chi connectivity index (χ4v) is 3.05. The Morgan fingerprint density at radius 3 is 2.38 bits per heavy atom. The quantitative estimate of drug-likeness (QED) is 0.780. The van der Waals surface area contributed by atoms with Crippen molar-refractivity contribution in [2.75, 3.05) is 6.54 Å². The molecule has 128 valence electrons. The van der Waals surface area contributed by atoms with Gasteiger partial charge in [-0.3, -0.25) is 15.4 Å². The molecule has 3 amide bonds. The Bertz CT molecular complexity index is 663. The van der Waals surface area contributed by atoms with Crippen molar-refractivity contribution >= 4 is 23.3 Å². The summed E-state index contributed by atoms with van der Waals surface area (Å²) in [6.45, 7) is 5.63. The predicted molar refractivity (Wildman–Crippen MR) is 97.0 cm³/mol. The number of amides is 3. The van der Waals surface area contributed by atoms with Crippen LogP contribution in [-0.4, -0.2) is 24.0 Å². The van der Waals surface area contributed by atoms with E-state index in [1.807, 2.05) is 68.6 Å². The predicted octanol–water partition coefficient (Wildman–Crippen LogP) is 3.05. The molecule has 0 saturated carbocycles. The van der Waals surface area contributed by atoms with Gasteiger partial charge < -0.3 is 5.32 Å². The van der Waals surface area contributed by atoms with E-state index in [1.54, 1.807) is 11.3 Å². The van der Waals surface area contributed by atoms with Gasteiger partial charge in [0.05, 0.1) is 12.6 Å². The summed E-state index contributed by atoms with van der Waals surface area (Å²) in [6.07, 6.45) is 0. The summed E-state index contributed by atoms with van der Waals surface area (Å²) >= 11 is 1.63. The van der Waals surface area contributed by atoms with E-state index in [-0.39, 0.29) is 24.0 Å². The highest BCUT2D eigenvalue weighted by Crippen LogP contribution is 2.25. The lowest BCUT2D eigenvalue weighted by molar-refractivity contribution is -0.119. The van der Waals surface area contributed by atoms with Crippen LogP contribution in [-0.2, 0) is 4.79 Å². The third-order valence-corrected chi connectivity index (χ3v) is 4.11. The first kappa shape index (κ1) is 18.2. The van der Waals surface area contributed by atoms with Crippen molar-refractivity contribution in [1.82, 2.24) is 16.0 Å². The van der Waals surface area contributed by atoms with E-state index < -0.39 is 6.03 Å². The van der Waals surface area contributed by atoms with Crippen LogP contribution in [0.1, 0.15) is 37.3 Å². The summed E-state index contributed by atoms with van der Waals surface area (Å²) in [6, 6.07) is 13.4. The number of imide groups is 1. The Balaban J connectivity index is 1.96. The van der Waals surface area contributed by atoms with Gasteiger partial charge in [0.2, 0.25) is 5.91 Å². The highest BCUT2D eigenvalue weighted by Gasteiger charge is 2.18. The molecule has 1 heterocycles. The van der Waals surface area contributed by atoms with Gasteiger partial charge in [-0.15, -0.1) is 11.3 Å². The van der Waals surface area contributed by atoms with Gasteiger partial charge in [0, 0.05) is 10.4 Å². The molecule has 0 radical (unpaired) electrons. The van der Waals surface area contributed by atoms with Gasteiger partial charge in [0.1, 0.15) is 0 Å². The van der Waals surface area contributed by atoms with Crippen molar-refractivity contribution in [2.24, 2.45) is 0 Å². The Kier molecular flexibility index (Phi) is 6.11. The molecule has 3 N–H and O–H groups in total. The van der Waals surface area contributed by atoms with Crippen molar-refractivity contribution in [1.29, 1.82) is 0 Å². The zero-order chi connectivity index (χ0) is 17.6. The number of rotatable bonds is 5. The van der Waals surface area contributed by atoms with Crippen molar-refractivity contribution in [3.05, 3.63) is 58.3 Å². The molecule has 2 rings (SSSR count). The standard InChI is InChI=1S/C18H23N3O2S/c1-18(2,3)21-17(23)20-15(22)12-19-16(14-10-7-11-24-14)13-8-5-4-6-9-13/h4-11,16,19H,12H2,1-3H3,(H2,20,21,22,23)/t16-/m1/s1. The van der Waals surface area contributed by atoms with Crippen molar-refractivity contribution in [3.8, 4) is 0 Å². The normalized spacial score (nSPS) is 12.5. The fourth-order valence-electron chi connectivity index (χ4n) is 2.22. The summed E-state index contributed by atoms with van der Waals surface area (Å²) in [5, 5.41) is 10.3. The number of thiophene rings is 1. The van der Waals surface area contributed by atoms with E-state index >= 15 is 0 Å². The molecule has 1 aromatic carbocycles. The first-order valence-electron chi connectivity index (χ1n) is 7.79. The van der Waals surface area contributed by atoms with E-state index in [1.165, 1.54) is 0 Å². The minimum absolute atomic E-state index is 0.0506. The lowest BCUT2D eigenvalue weighted by Crippen LogP contribution is -2.50. The van der Waals surface area contributed by atoms with Crippen LogP contribution in [0, 0.1) is 0 Å². The van der Waals surface area contributed by atoms with Crippen LogP contribution in [0.5, 0.6) is 0 Å². The second kappa shape index (κ2) is 8.08. The first-order chi connectivity index (χ1) is 11.3. The number of carbonyl (C=O) groups is 2. The highest BCUT2D eigenvalue weighted by atomic mass is 32.1. The molecule has 2 aromatic rings. The van der Waals surface area contributed by atoms with Gasteiger partial charge in [-0.1, -0.05) is 36.4 Å². The molecule has 24 heavy (non-hydrogen) atoms. The molecule has 0 aliphatic carbocycles. The van der Waals surface area contributed by atoms with Crippen LogP contribution in [0.25, 0.3) is 0 Å². The SMILES string of the molecule is CC(C)(C)NC(=O)NC(=O)CN[C@H](c1ccccc1)c1cccs1. The maximum atomic E-state index is 12.0. The van der Waals surface area contributed by atoms with Gasteiger partial charge in [-0.2, -0.15) is 0 Å². The lowest BCUT2D eigenvalue weighted by atomic mass is 10.1. The van der Waals surface area contributed by atoms with Crippen molar-refractivity contribution < 1.29 is 9.59 Å². The summed E-state index contributed by atoms with van der Waals surface area (Å²) in [5.41, 5.74) is 0.688. The maximum absolute atomic E-state index is 12.0. The first-order valence-corrected chi connectivity index (χ1v) is 8.67. The van der Waals surface area contributed by atoms with Gasteiger partial charge in [-0.05, 0) is 37.8 Å².